The van der Waals surface area contributed by atoms with Gasteiger partial charge in [0, 0.05) is 23.6 Å². The number of aromatic nitrogens is 2. The fourth-order valence-corrected chi connectivity index (χ4v) is 4.65. The highest BCUT2D eigenvalue weighted by Crippen LogP contribution is 2.26. The zero-order valence-electron chi connectivity index (χ0n) is 21.0. The Morgan fingerprint density at radius 2 is 1.81 bits per heavy atom. The third kappa shape index (κ3) is 4.93. The number of hydrogen-bond donors (Lipinski definition) is 1. The van der Waals surface area contributed by atoms with Gasteiger partial charge in [-0.3, -0.25) is 9.78 Å². The molecule has 36 heavy (non-hydrogen) atoms. The molecule has 2 aromatic carbocycles. The first-order valence-electron chi connectivity index (χ1n) is 12.1. The number of amides is 1. The second kappa shape index (κ2) is 9.82. The number of nitrogens with one attached hydrogen (secondary N) is 1. The predicted octanol–water partition coefficient (Wildman–Crippen LogP) is 6.09. The van der Waals surface area contributed by atoms with Gasteiger partial charge in [0.05, 0.1) is 23.9 Å². The van der Waals surface area contributed by atoms with Crippen LogP contribution in [0, 0.1) is 27.7 Å². The van der Waals surface area contributed by atoms with Crippen LogP contribution in [0.4, 0.5) is 0 Å². The maximum Gasteiger partial charge on any atom is 0.225 e. The fourth-order valence-electron chi connectivity index (χ4n) is 4.65. The minimum Gasteiger partial charge on any atom is -0.461 e. The summed E-state index contributed by atoms with van der Waals surface area (Å²) >= 11 is 0. The smallest absolute Gasteiger partial charge is 0.225 e. The Labute approximate surface area is 210 Å². The van der Waals surface area contributed by atoms with Crippen molar-refractivity contribution in [3.05, 3.63) is 118 Å². The summed E-state index contributed by atoms with van der Waals surface area (Å²) in [6, 6.07) is 19.6. The van der Waals surface area contributed by atoms with Gasteiger partial charge in [0.1, 0.15) is 17.1 Å². The Bertz CT molecular complexity index is 1510. The van der Waals surface area contributed by atoms with Gasteiger partial charge in [-0.05, 0) is 68.1 Å². The van der Waals surface area contributed by atoms with Gasteiger partial charge in [-0.1, -0.05) is 47.6 Å². The lowest BCUT2D eigenvalue weighted by Gasteiger charge is -2.21. The molecule has 5 rings (SSSR count). The van der Waals surface area contributed by atoms with Crippen LogP contribution in [0.15, 0.2) is 75.8 Å². The molecule has 0 aliphatic rings. The molecule has 0 bridgehead atoms. The standard InChI is InChI=1S/C30H29N3O3/c1-18-12-19(2)29(31-17-18)30(23-8-6-5-7-9-23)32-28(34)14-22-10-11-27-24(13-22)15-25(35-27)16-26-20(3)33-36-21(26)4/h5-13,15,17,30H,14,16H2,1-4H3,(H,32,34). The van der Waals surface area contributed by atoms with Crippen LogP contribution in [0.2, 0.25) is 0 Å². The van der Waals surface area contributed by atoms with Crippen LogP contribution in [0.1, 0.15) is 56.8 Å². The number of furan rings is 1. The van der Waals surface area contributed by atoms with Crippen LogP contribution in [0.5, 0.6) is 0 Å². The van der Waals surface area contributed by atoms with Crippen molar-refractivity contribution in [1.29, 1.82) is 0 Å². The van der Waals surface area contributed by atoms with Crippen molar-refractivity contribution in [2.24, 2.45) is 0 Å². The van der Waals surface area contributed by atoms with Crippen LogP contribution in [0.3, 0.4) is 0 Å². The van der Waals surface area contributed by atoms with Crippen LogP contribution < -0.4 is 5.32 Å². The molecule has 0 radical (unpaired) electrons. The van der Waals surface area contributed by atoms with Gasteiger partial charge >= 0.3 is 0 Å². The summed E-state index contributed by atoms with van der Waals surface area (Å²) in [4.78, 5) is 17.9. The SMILES string of the molecule is Cc1cnc(C(NC(=O)Cc2ccc3oc(Cc4c(C)noc4C)cc3c2)c2ccccc2)c(C)c1. The summed E-state index contributed by atoms with van der Waals surface area (Å²) in [6.45, 7) is 7.89. The predicted molar refractivity (Wildman–Crippen MR) is 139 cm³/mol. The number of hydrogen-bond acceptors (Lipinski definition) is 5. The Morgan fingerprint density at radius 3 is 2.53 bits per heavy atom. The molecule has 3 heterocycles. The van der Waals surface area contributed by atoms with Crippen molar-refractivity contribution in [3.8, 4) is 0 Å². The van der Waals surface area contributed by atoms with Crippen molar-refractivity contribution < 1.29 is 13.7 Å². The molecule has 1 atom stereocenters. The molecule has 0 spiro atoms. The normalized spacial score (nSPS) is 12.1. The molecule has 1 unspecified atom stereocenters. The second-order valence-electron chi connectivity index (χ2n) is 9.37. The van der Waals surface area contributed by atoms with E-state index in [0.29, 0.717) is 6.42 Å². The molecule has 0 fully saturated rings. The molecule has 0 saturated heterocycles. The number of fused-ring (bicyclic) bond motifs is 1. The summed E-state index contributed by atoms with van der Waals surface area (Å²) in [6.07, 6.45) is 2.72. The van der Waals surface area contributed by atoms with Gasteiger partial charge in [0.25, 0.3) is 0 Å². The average Bonchev–Trinajstić information content (AvgIpc) is 3.41. The Hall–Kier alpha value is -4.19. The highest BCUT2D eigenvalue weighted by atomic mass is 16.5. The van der Waals surface area contributed by atoms with E-state index >= 15 is 0 Å². The summed E-state index contributed by atoms with van der Waals surface area (Å²) in [5.41, 5.74) is 7.63. The molecule has 6 nitrogen and oxygen atoms in total. The lowest BCUT2D eigenvalue weighted by atomic mass is 9.98. The number of aryl methyl sites for hydroxylation is 4. The Morgan fingerprint density at radius 1 is 1.00 bits per heavy atom. The summed E-state index contributed by atoms with van der Waals surface area (Å²) < 4.78 is 11.3. The minimum atomic E-state index is -0.321. The Kier molecular flexibility index (Phi) is 6.42. The third-order valence-electron chi connectivity index (χ3n) is 6.50. The largest absolute Gasteiger partial charge is 0.461 e. The topological polar surface area (TPSA) is 81.2 Å². The molecule has 5 aromatic rings. The highest BCUT2D eigenvalue weighted by molar-refractivity contribution is 5.83. The second-order valence-corrected chi connectivity index (χ2v) is 9.37. The van der Waals surface area contributed by atoms with Gasteiger partial charge in [-0.15, -0.1) is 0 Å². The lowest BCUT2D eigenvalue weighted by molar-refractivity contribution is -0.121. The number of carbonyl (C=O) groups is 1. The van der Waals surface area contributed by atoms with Crippen molar-refractivity contribution in [1.82, 2.24) is 15.5 Å². The summed E-state index contributed by atoms with van der Waals surface area (Å²) in [5.74, 6) is 1.58. The van der Waals surface area contributed by atoms with Gasteiger partial charge in [-0.2, -0.15) is 0 Å². The molecular formula is C30H29N3O3. The van der Waals surface area contributed by atoms with E-state index in [9.17, 15) is 4.79 Å². The van der Waals surface area contributed by atoms with E-state index in [4.69, 9.17) is 8.94 Å². The number of carbonyl (C=O) groups excluding carboxylic acids is 1. The van der Waals surface area contributed by atoms with E-state index < -0.39 is 0 Å². The van der Waals surface area contributed by atoms with E-state index in [-0.39, 0.29) is 18.4 Å². The number of rotatable bonds is 7. The quantitative estimate of drug-likeness (QED) is 0.306. The molecule has 0 aliphatic carbocycles. The first kappa shape index (κ1) is 23.5. The van der Waals surface area contributed by atoms with Gasteiger partial charge in [0.15, 0.2) is 0 Å². The maximum atomic E-state index is 13.2. The van der Waals surface area contributed by atoms with Crippen LogP contribution in [-0.2, 0) is 17.6 Å². The molecular weight excluding hydrogens is 450 g/mol. The minimum absolute atomic E-state index is 0.0654. The van der Waals surface area contributed by atoms with Crippen LogP contribution in [-0.4, -0.2) is 16.0 Å². The molecule has 182 valence electrons. The van der Waals surface area contributed by atoms with Crippen molar-refractivity contribution in [3.63, 3.8) is 0 Å². The van der Waals surface area contributed by atoms with Crippen LogP contribution in [0.25, 0.3) is 11.0 Å². The van der Waals surface area contributed by atoms with E-state index in [1.807, 2.05) is 88.5 Å². The van der Waals surface area contributed by atoms with Crippen molar-refractivity contribution in [2.45, 2.75) is 46.6 Å². The van der Waals surface area contributed by atoms with E-state index in [0.717, 1.165) is 61.7 Å². The fraction of sp³-hybridized carbons (Fsp3) is 0.233. The maximum absolute atomic E-state index is 13.2. The van der Waals surface area contributed by atoms with E-state index in [1.54, 1.807) is 0 Å². The van der Waals surface area contributed by atoms with Gasteiger partial charge in [0.2, 0.25) is 5.91 Å². The lowest BCUT2D eigenvalue weighted by Crippen LogP contribution is -2.31. The molecule has 1 amide bonds. The Balaban J connectivity index is 1.35. The molecule has 0 aliphatic heterocycles. The number of pyridine rings is 1. The first-order chi connectivity index (χ1) is 17.4. The number of nitrogens with zero attached hydrogens (tertiary/aromatic N) is 2. The zero-order valence-corrected chi connectivity index (χ0v) is 21.0. The first-order valence-corrected chi connectivity index (χ1v) is 12.1. The van der Waals surface area contributed by atoms with Gasteiger partial charge < -0.3 is 14.3 Å². The monoisotopic (exact) mass is 479 g/mol. The average molecular weight is 480 g/mol. The van der Waals surface area contributed by atoms with Crippen LogP contribution >= 0.6 is 0 Å². The van der Waals surface area contributed by atoms with E-state index in [1.165, 1.54) is 0 Å². The third-order valence-corrected chi connectivity index (χ3v) is 6.50. The highest BCUT2D eigenvalue weighted by Gasteiger charge is 2.21. The molecule has 3 aromatic heterocycles. The molecule has 1 N–H and O–H groups in total. The summed E-state index contributed by atoms with van der Waals surface area (Å²) in [7, 11) is 0. The zero-order chi connectivity index (χ0) is 25.2. The van der Waals surface area contributed by atoms with Crippen molar-refractivity contribution in [2.75, 3.05) is 0 Å². The number of benzene rings is 2. The van der Waals surface area contributed by atoms with Crippen molar-refractivity contribution >= 4 is 16.9 Å². The van der Waals surface area contributed by atoms with E-state index in [2.05, 4.69) is 21.5 Å². The summed E-state index contributed by atoms with van der Waals surface area (Å²) in [5, 5.41) is 8.21. The molecule has 6 heteroatoms. The molecule has 0 saturated carbocycles. The van der Waals surface area contributed by atoms with Gasteiger partial charge in [-0.25, -0.2) is 0 Å².